The van der Waals surface area contributed by atoms with Crippen LogP contribution in [0.5, 0.6) is 5.75 Å². The molecule has 3 aromatic rings. The van der Waals surface area contributed by atoms with E-state index in [2.05, 4.69) is 22.3 Å². The largest absolute Gasteiger partial charge is 0.494 e. The van der Waals surface area contributed by atoms with Gasteiger partial charge in [-0.25, -0.2) is 8.42 Å². The van der Waals surface area contributed by atoms with Crippen LogP contribution in [0, 0.1) is 13.8 Å². The van der Waals surface area contributed by atoms with Crippen LogP contribution in [0.2, 0.25) is 0 Å². The number of ether oxygens (including phenoxy) is 1. The number of amides is 1. The number of anilines is 2. The van der Waals surface area contributed by atoms with Crippen molar-refractivity contribution in [3.8, 4) is 5.75 Å². The fourth-order valence-corrected chi connectivity index (χ4v) is 4.98. The molecule has 0 spiro atoms. The molecule has 0 aliphatic carbocycles. The molecular weight excluding hydrogens is 506 g/mol. The smallest absolute Gasteiger partial charge is 0.261 e. The van der Waals surface area contributed by atoms with Gasteiger partial charge < -0.3 is 10.1 Å². The molecule has 0 aromatic heterocycles. The molecule has 3 rings (SSSR count). The van der Waals surface area contributed by atoms with Gasteiger partial charge in [0.2, 0.25) is 0 Å². The minimum Gasteiger partial charge on any atom is -0.494 e. The first-order valence-electron chi connectivity index (χ1n) is 12.2. The van der Waals surface area contributed by atoms with Gasteiger partial charge in [0.25, 0.3) is 15.9 Å². The summed E-state index contributed by atoms with van der Waals surface area (Å²) in [5, 5.41) is 5.63. The van der Waals surface area contributed by atoms with Crippen LogP contribution in [0.3, 0.4) is 0 Å². The van der Waals surface area contributed by atoms with Crippen molar-refractivity contribution in [3.63, 3.8) is 0 Å². The highest BCUT2D eigenvalue weighted by Gasteiger charge is 2.15. The normalized spacial score (nSPS) is 11.0. The Labute approximate surface area is 224 Å². The van der Waals surface area contributed by atoms with Crippen LogP contribution in [-0.2, 0) is 10.0 Å². The molecule has 9 heteroatoms. The SMILES string of the molecule is CCCCCCOc1ccc(C(=O)NC(=S)Nc2ccc(S(=O)(=O)Nc3cc(C)cc(C)c3)cc2)cc1. The number of rotatable bonds is 11. The predicted octanol–water partition coefficient (Wildman–Crippen LogP) is 6.19. The van der Waals surface area contributed by atoms with Crippen LogP contribution in [0.4, 0.5) is 11.4 Å². The molecule has 0 saturated carbocycles. The summed E-state index contributed by atoms with van der Waals surface area (Å²) in [4.78, 5) is 12.6. The molecule has 0 radical (unpaired) electrons. The standard InChI is InChI=1S/C28H33N3O4S2/c1-4-5-6-7-16-35-25-12-8-22(9-13-25)27(32)30-28(36)29-23-10-14-26(15-11-23)37(33,34)31-24-18-20(2)17-21(3)19-24/h8-15,17-19,31H,4-7,16H2,1-3H3,(H2,29,30,32,36). The fraction of sp³-hybridized carbons (Fsp3) is 0.286. The first kappa shape index (κ1) is 28.1. The molecule has 0 unspecified atom stereocenters. The van der Waals surface area contributed by atoms with Gasteiger partial charge in [-0.05, 0) is 104 Å². The number of carbonyl (C=O) groups is 1. The van der Waals surface area contributed by atoms with E-state index in [9.17, 15) is 13.2 Å². The second-order valence-corrected chi connectivity index (χ2v) is 10.9. The molecule has 0 atom stereocenters. The first-order chi connectivity index (χ1) is 17.7. The van der Waals surface area contributed by atoms with E-state index in [4.69, 9.17) is 17.0 Å². The fourth-order valence-electron chi connectivity index (χ4n) is 3.72. The zero-order chi connectivity index (χ0) is 26.8. The van der Waals surface area contributed by atoms with Crippen LogP contribution in [0.15, 0.2) is 71.6 Å². The van der Waals surface area contributed by atoms with Crippen molar-refractivity contribution in [2.45, 2.75) is 51.3 Å². The quantitative estimate of drug-likeness (QED) is 0.199. The lowest BCUT2D eigenvalue weighted by atomic mass is 10.1. The van der Waals surface area contributed by atoms with Gasteiger partial charge in [0.1, 0.15) is 5.75 Å². The Morgan fingerprint density at radius 3 is 2.14 bits per heavy atom. The number of carbonyl (C=O) groups excluding carboxylic acids is 1. The van der Waals surface area contributed by atoms with Crippen LogP contribution >= 0.6 is 12.2 Å². The molecule has 0 aliphatic rings. The van der Waals surface area contributed by atoms with Crippen molar-refractivity contribution in [1.82, 2.24) is 5.32 Å². The van der Waals surface area contributed by atoms with Gasteiger partial charge >= 0.3 is 0 Å². The number of unbranched alkanes of at least 4 members (excludes halogenated alkanes) is 3. The third-order valence-electron chi connectivity index (χ3n) is 5.51. The maximum atomic E-state index is 12.8. The number of aryl methyl sites for hydroxylation is 2. The minimum atomic E-state index is -3.75. The van der Waals surface area contributed by atoms with Gasteiger partial charge in [-0.1, -0.05) is 32.3 Å². The van der Waals surface area contributed by atoms with Gasteiger partial charge in [-0.2, -0.15) is 0 Å². The third kappa shape index (κ3) is 8.87. The van der Waals surface area contributed by atoms with Gasteiger partial charge in [0.05, 0.1) is 11.5 Å². The lowest BCUT2D eigenvalue weighted by molar-refractivity contribution is 0.0977. The Hall–Kier alpha value is -3.43. The van der Waals surface area contributed by atoms with E-state index in [-0.39, 0.29) is 15.9 Å². The molecule has 0 bridgehead atoms. The average molecular weight is 540 g/mol. The molecular formula is C28H33N3O4S2. The van der Waals surface area contributed by atoms with Gasteiger partial charge in [-0.3, -0.25) is 14.8 Å². The monoisotopic (exact) mass is 539 g/mol. The number of sulfonamides is 1. The Morgan fingerprint density at radius 1 is 0.865 bits per heavy atom. The highest BCUT2D eigenvalue weighted by Crippen LogP contribution is 2.20. The van der Waals surface area contributed by atoms with Crippen LogP contribution in [-0.4, -0.2) is 26.0 Å². The molecule has 3 N–H and O–H groups in total. The summed E-state index contributed by atoms with van der Waals surface area (Å²) in [6.07, 6.45) is 4.53. The number of benzene rings is 3. The lowest BCUT2D eigenvalue weighted by Gasteiger charge is -2.12. The lowest BCUT2D eigenvalue weighted by Crippen LogP contribution is -2.34. The Kier molecular flexibility index (Phi) is 10.0. The Morgan fingerprint density at radius 2 is 1.51 bits per heavy atom. The highest BCUT2D eigenvalue weighted by atomic mass is 32.2. The molecule has 37 heavy (non-hydrogen) atoms. The molecule has 3 aromatic carbocycles. The average Bonchev–Trinajstić information content (AvgIpc) is 2.83. The summed E-state index contributed by atoms with van der Waals surface area (Å²) in [6.45, 7) is 6.64. The highest BCUT2D eigenvalue weighted by molar-refractivity contribution is 7.92. The summed E-state index contributed by atoms with van der Waals surface area (Å²) < 4.78 is 33.8. The van der Waals surface area contributed by atoms with Crippen LogP contribution in [0.25, 0.3) is 0 Å². The van der Waals surface area contributed by atoms with Crippen molar-refractivity contribution in [1.29, 1.82) is 0 Å². The van der Waals surface area contributed by atoms with E-state index in [1.165, 1.54) is 25.0 Å². The molecule has 196 valence electrons. The van der Waals surface area contributed by atoms with E-state index in [1.54, 1.807) is 48.5 Å². The zero-order valence-electron chi connectivity index (χ0n) is 21.3. The molecule has 1 amide bonds. The summed E-state index contributed by atoms with van der Waals surface area (Å²) in [5.74, 6) is 0.361. The maximum Gasteiger partial charge on any atom is 0.261 e. The Balaban J connectivity index is 1.52. The van der Waals surface area contributed by atoms with Gasteiger partial charge in [-0.15, -0.1) is 0 Å². The topological polar surface area (TPSA) is 96.5 Å². The Bertz CT molecular complexity index is 1300. The summed E-state index contributed by atoms with van der Waals surface area (Å²) in [6, 6.07) is 18.5. The number of nitrogens with one attached hydrogen (secondary N) is 3. The molecule has 0 fully saturated rings. The van der Waals surface area contributed by atoms with Crippen LogP contribution in [0.1, 0.15) is 54.1 Å². The second-order valence-electron chi connectivity index (χ2n) is 8.85. The summed E-state index contributed by atoms with van der Waals surface area (Å²) in [7, 11) is -3.75. The summed E-state index contributed by atoms with van der Waals surface area (Å²) >= 11 is 5.25. The van der Waals surface area contributed by atoms with Gasteiger partial charge in [0.15, 0.2) is 5.11 Å². The van der Waals surface area contributed by atoms with Crippen molar-refractivity contribution in [3.05, 3.63) is 83.4 Å². The van der Waals surface area contributed by atoms with E-state index < -0.39 is 10.0 Å². The maximum absolute atomic E-state index is 12.8. The predicted molar refractivity (Wildman–Crippen MR) is 153 cm³/mol. The molecule has 0 saturated heterocycles. The number of hydrogen-bond acceptors (Lipinski definition) is 5. The number of hydrogen-bond donors (Lipinski definition) is 3. The zero-order valence-corrected chi connectivity index (χ0v) is 23.0. The van der Waals surface area contributed by atoms with Crippen molar-refractivity contribution in [2.75, 3.05) is 16.6 Å². The summed E-state index contributed by atoms with van der Waals surface area (Å²) in [5.41, 5.74) is 3.43. The van der Waals surface area contributed by atoms with Crippen molar-refractivity contribution in [2.24, 2.45) is 0 Å². The van der Waals surface area contributed by atoms with Crippen molar-refractivity contribution >= 4 is 44.6 Å². The molecule has 7 nitrogen and oxygen atoms in total. The van der Waals surface area contributed by atoms with E-state index in [0.29, 0.717) is 23.5 Å². The van der Waals surface area contributed by atoms with E-state index in [1.807, 2.05) is 19.9 Å². The third-order valence-corrected chi connectivity index (χ3v) is 7.11. The molecule has 0 aliphatic heterocycles. The second kappa shape index (κ2) is 13.2. The van der Waals surface area contributed by atoms with E-state index >= 15 is 0 Å². The first-order valence-corrected chi connectivity index (χ1v) is 14.1. The van der Waals surface area contributed by atoms with Gasteiger partial charge in [0, 0.05) is 16.9 Å². The van der Waals surface area contributed by atoms with Crippen molar-refractivity contribution < 1.29 is 17.9 Å². The minimum absolute atomic E-state index is 0.102. The van der Waals surface area contributed by atoms with E-state index in [0.717, 1.165) is 29.7 Å². The molecule has 0 heterocycles. The number of thiocarbonyl (C=S) groups is 1. The van der Waals surface area contributed by atoms with Crippen LogP contribution < -0.4 is 20.1 Å².